The molecule has 1 heterocycles. The molecule has 0 aliphatic rings. The lowest BCUT2D eigenvalue weighted by Crippen LogP contribution is -2.40. The number of methoxy groups -OCH3 is 1. The highest BCUT2D eigenvalue weighted by Crippen LogP contribution is 2.26. The third-order valence-electron chi connectivity index (χ3n) is 3.85. The van der Waals surface area contributed by atoms with E-state index in [1.165, 1.54) is 13.3 Å². The summed E-state index contributed by atoms with van der Waals surface area (Å²) in [6.07, 6.45) is 2.88. The normalized spacial score (nSPS) is 13.1. The highest BCUT2D eigenvalue weighted by Gasteiger charge is 2.23. The largest absolute Gasteiger partial charge is 0.624 e. The van der Waals surface area contributed by atoms with Crippen molar-refractivity contribution in [3.8, 4) is 0 Å². The molecule has 8 nitrogen and oxygen atoms in total. The number of alkyl halides is 3. The molecule has 1 unspecified atom stereocenters. The molecule has 1 amide bonds. The maximum absolute atomic E-state index is 12.3. The predicted molar refractivity (Wildman–Crippen MR) is 120 cm³/mol. The van der Waals surface area contributed by atoms with Crippen LogP contribution in [-0.2, 0) is 15.9 Å². The van der Waals surface area contributed by atoms with E-state index in [4.69, 9.17) is 39.5 Å². The standard InChI is InChI=1S/C18H20Cl3N3O5S/c1-28-16(25)23-13(10-30-17(26)29-11-18(19,20)21)9-24(27)7-6-12-8-22-15-5-3-2-4-14(12)15/h2-5,8-9,13,22H,6-7,10-11H2,1H3,(H,23,25)/b24-9-. The summed E-state index contributed by atoms with van der Waals surface area (Å²) < 4.78 is 8.34. The Bertz CT molecular complexity index is 901. The summed E-state index contributed by atoms with van der Waals surface area (Å²) in [6.45, 7) is -0.260. The first-order valence-electron chi connectivity index (χ1n) is 8.72. The van der Waals surface area contributed by atoms with Gasteiger partial charge in [0.1, 0.15) is 12.6 Å². The highest BCUT2D eigenvalue weighted by molar-refractivity contribution is 8.13. The molecule has 0 saturated heterocycles. The van der Waals surface area contributed by atoms with Crippen molar-refractivity contribution < 1.29 is 23.8 Å². The molecule has 30 heavy (non-hydrogen) atoms. The zero-order valence-electron chi connectivity index (χ0n) is 15.9. The topological polar surface area (TPSA) is 106 Å². The fraction of sp³-hybridized carbons (Fsp3) is 0.389. The number of carbonyl (C=O) groups excluding carboxylic acids is 2. The van der Waals surface area contributed by atoms with Crippen LogP contribution in [0, 0.1) is 5.21 Å². The van der Waals surface area contributed by atoms with E-state index in [-0.39, 0.29) is 12.3 Å². The van der Waals surface area contributed by atoms with Gasteiger partial charge in [-0.1, -0.05) is 53.0 Å². The van der Waals surface area contributed by atoms with Crippen molar-refractivity contribution in [3.63, 3.8) is 0 Å². The van der Waals surface area contributed by atoms with E-state index in [1.807, 2.05) is 30.5 Å². The van der Waals surface area contributed by atoms with E-state index >= 15 is 0 Å². The molecule has 0 radical (unpaired) electrons. The fourth-order valence-corrected chi connectivity index (χ4v) is 3.31. The molecule has 0 aliphatic carbocycles. The van der Waals surface area contributed by atoms with Gasteiger partial charge in [-0.25, -0.2) is 14.3 Å². The Labute approximate surface area is 192 Å². The predicted octanol–water partition coefficient (Wildman–Crippen LogP) is 4.26. The molecule has 2 N–H and O–H groups in total. The first kappa shape index (κ1) is 24.5. The number of nitrogens with one attached hydrogen (secondary N) is 2. The Hall–Kier alpha value is -1.81. The second-order valence-corrected chi connectivity index (χ2v) is 9.58. The Morgan fingerprint density at radius 2 is 2.10 bits per heavy atom. The smallest absolute Gasteiger partial charge is 0.407 e. The van der Waals surface area contributed by atoms with Crippen molar-refractivity contribution in [2.45, 2.75) is 16.3 Å². The second kappa shape index (κ2) is 11.5. The molecule has 0 spiro atoms. The number of hydrogen-bond acceptors (Lipinski definition) is 6. The van der Waals surface area contributed by atoms with Gasteiger partial charge in [0.25, 0.3) is 0 Å². The zero-order chi connectivity index (χ0) is 22.1. The summed E-state index contributed by atoms with van der Waals surface area (Å²) in [5.74, 6) is 0.0274. The Morgan fingerprint density at radius 1 is 1.37 bits per heavy atom. The van der Waals surface area contributed by atoms with Gasteiger partial charge in [0.15, 0.2) is 12.8 Å². The number of para-hydroxylation sites is 1. The second-order valence-electron chi connectivity index (χ2n) is 6.11. The number of amides is 1. The number of hydrogen-bond donors (Lipinski definition) is 2. The summed E-state index contributed by atoms with van der Waals surface area (Å²) in [7, 11) is 1.20. The van der Waals surface area contributed by atoms with Gasteiger partial charge in [0.05, 0.1) is 7.11 Å². The number of ether oxygens (including phenoxy) is 2. The molecule has 0 fully saturated rings. The maximum Gasteiger partial charge on any atom is 0.407 e. The van der Waals surface area contributed by atoms with Gasteiger partial charge < -0.3 is 25.0 Å². The SMILES string of the molecule is COC(=O)NC(/C=[N+](\[O-])CCc1c[nH]c2ccccc12)CSC(=O)OCC(Cl)(Cl)Cl. The van der Waals surface area contributed by atoms with Crippen molar-refractivity contribution in [2.75, 3.05) is 26.0 Å². The van der Waals surface area contributed by atoms with Crippen LogP contribution < -0.4 is 5.32 Å². The third kappa shape index (κ3) is 8.51. The van der Waals surface area contributed by atoms with Crippen LogP contribution in [0.15, 0.2) is 30.5 Å². The molecule has 2 aromatic rings. The number of fused-ring (bicyclic) bond motifs is 1. The summed E-state index contributed by atoms with van der Waals surface area (Å²) in [6, 6.07) is 7.00. The lowest BCUT2D eigenvalue weighted by atomic mass is 10.1. The van der Waals surface area contributed by atoms with Crippen molar-refractivity contribution in [3.05, 3.63) is 41.2 Å². The number of thioether (sulfide) groups is 1. The average molecular weight is 497 g/mol. The minimum Gasteiger partial charge on any atom is -0.624 e. The molecule has 1 aromatic carbocycles. The quantitative estimate of drug-likeness (QED) is 0.141. The molecule has 164 valence electrons. The highest BCUT2D eigenvalue weighted by atomic mass is 35.6. The summed E-state index contributed by atoms with van der Waals surface area (Å²) in [4.78, 5) is 26.4. The lowest BCUT2D eigenvalue weighted by Gasteiger charge is -2.14. The number of H-pyrrole nitrogens is 1. The summed E-state index contributed by atoms with van der Waals surface area (Å²) in [5.41, 5.74) is 1.99. The average Bonchev–Trinajstić information content (AvgIpc) is 3.11. The number of carbonyl (C=O) groups is 2. The van der Waals surface area contributed by atoms with E-state index in [0.717, 1.165) is 28.2 Å². The molecular weight excluding hydrogens is 477 g/mol. The number of hydroxylamine groups is 1. The van der Waals surface area contributed by atoms with Crippen LogP contribution in [0.5, 0.6) is 0 Å². The minimum atomic E-state index is -1.72. The minimum absolute atomic E-state index is 0.0274. The van der Waals surface area contributed by atoms with Crippen LogP contribution in [-0.4, -0.2) is 63.2 Å². The van der Waals surface area contributed by atoms with E-state index in [1.54, 1.807) is 0 Å². The molecular formula is C18H20Cl3N3O5S. The Balaban J connectivity index is 1.94. The van der Waals surface area contributed by atoms with Gasteiger partial charge in [0.2, 0.25) is 3.79 Å². The van der Waals surface area contributed by atoms with Crippen molar-refractivity contribution >= 4 is 75.1 Å². The van der Waals surface area contributed by atoms with Crippen molar-refractivity contribution in [2.24, 2.45) is 0 Å². The van der Waals surface area contributed by atoms with Crippen LogP contribution in [0.25, 0.3) is 10.9 Å². The number of alkyl carbamates (subject to hydrolysis) is 1. The lowest BCUT2D eigenvalue weighted by molar-refractivity contribution is -0.453. The van der Waals surface area contributed by atoms with Gasteiger partial charge >= 0.3 is 11.4 Å². The molecule has 0 saturated carbocycles. The molecule has 2 rings (SSSR count). The number of aromatic nitrogens is 1. The maximum atomic E-state index is 12.3. The Morgan fingerprint density at radius 3 is 2.80 bits per heavy atom. The van der Waals surface area contributed by atoms with Gasteiger partial charge in [-0.3, -0.25) is 0 Å². The number of halogens is 3. The van der Waals surface area contributed by atoms with Crippen LogP contribution in [0.1, 0.15) is 5.56 Å². The van der Waals surface area contributed by atoms with Gasteiger partial charge in [0, 0.05) is 29.3 Å². The van der Waals surface area contributed by atoms with Gasteiger partial charge in [-0.15, -0.1) is 0 Å². The molecule has 12 heteroatoms. The van der Waals surface area contributed by atoms with E-state index < -0.39 is 27.8 Å². The van der Waals surface area contributed by atoms with Gasteiger partial charge in [-0.05, 0) is 23.4 Å². The van der Waals surface area contributed by atoms with Crippen molar-refractivity contribution in [1.29, 1.82) is 0 Å². The van der Waals surface area contributed by atoms with E-state index in [0.29, 0.717) is 11.2 Å². The van der Waals surface area contributed by atoms with Gasteiger partial charge in [-0.2, -0.15) is 0 Å². The Kier molecular flexibility index (Phi) is 9.41. The number of benzene rings is 1. The first-order chi connectivity index (χ1) is 14.2. The number of nitrogens with zero attached hydrogens (tertiary/aromatic N) is 1. The molecule has 0 aliphatic heterocycles. The van der Waals surface area contributed by atoms with Crippen molar-refractivity contribution in [1.82, 2.24) is 10.3 Å². The van der Waals surface area contributed by atoms with Crippen LogP contribution >= 0.6 is 46.6 Å². The summed E-state index contributed by atoms with van der Waals surface area (Å²) >= 11 is 17.3. The number of rotatable bonds is 8. The molecule has 0 bridgehead atoms. The van der Waals surface area contributed by atoms with Crippen LogP contribution in [0.2, 0.25) is 0 Å². The number of aromatic amines is 1. The monoisotopic (exact) mass is 495 g/mol. The summed E-state index contributed by atoms with van der Waals surface area (Å²) in [5, 5.41) is 15.2. The van der Waals surface area contributed by atoms with E-state index in [2.05, 4.69) is 15.0 Å². The zero-order valence-corrected chi connectivity index (χ0v) is 19.0. The first-order valence-corrected chi connectivity index (χ1v) is 10.8. The van der Waals surface area contributed by atoms with E-state index in [9.17, 15) is 14.8 Å². The third-order valence-corrected chi connectivity index (χ3v) is 5.05. The fourth-order valence-electron chi connectivity index (χ4n) is 2.52. The molecule has 1 atom stereocenters. The van der Waals surface area contributed by atoms with Crippen LogP contribution in [0.4, 0.5) is 9.59 Å². The molecule has 1 aromatic heterocycles. The van der Waals surface area contributed by atoms with Crippen LogP contribution in [0.3, 0.4) is 0 Å².